The standard InChI is InChI=1S/C28H30N2O5/c31-26(29-18-8-5-7-17(15-18)27(32)33)23-13-6-14-25(23)30-28(34)35-16-24-21-11-3-1-9-19(21)20-10-2-4-12-22(20)24/h1-5,8-12,17-18,23-25H,6-7,13-16H2,(H,29,31)(H,30,34)(H,32,33)/t17-,18-,23+,25-/m1/s1. The van der Waals surface area contributed by atoms with Gasteiger partial charge in [0, 0.05) is 18.0 Å². The van der Waals surface area contributed by atoms with Crippen LogP contribution >= 0.6 is 0 Å². The fraction of sp³-hybridized carbons (Fsp3) is 0.393. The number of ether oxygens (including phenoxy) is 1. The molecule has 7 nitrogen and oxygen atoms in total. The molecule has 0 aromatic heterocycles. The Morgan fingerprint density at radius 3 is 2.31 bits per heavy atom. The highest BCUT2D eigenvalue weighted by molar-refractivity contribution is 5.82. The predicted molar refractivity (Wildman–Crippen MR) is 131 cm³/mol. The number of hydrogen-bond donors (Lipinski definition) is 3. The monoisotopic (exact) mass is 474 g/mol. The van der Waals surface area contributed by atoms with Gasteiger partial charge in [-0.3, -0.25) is 9.59 Å². The van der Waals surface area contributed by atoms with E-state index in [4.69, 9.17) is 4.74 Å². The van der Waals surface area contributed by atoms with E-state index in [2.05, 4.69) is 34.9 Å². The highest BCUT2D eigenvalue weighted by Crippen LogP contribution is 2.44. The smallest absolute Gasteiger partial charge is 0.407 e. The number of benzene rings is 2. The van der Waals surface area contributed by atoms with Crippen LogP contribution in [0.3, 0.4) is 0 Å². The van der Waals surface area contributed by atoms with Crippen LogP contribution in [0.25, 0.3) is 11.1 Å². The van der Waals surface area contributed by atoms with Crippen LogP contribution in [-0.2, 0) is 14.3 Å². The molecule has 0 saturated heterocycles. The lowest BCUT2D eigenvalue weighted by Gasteiger charge is -2.26. The van der Waals surface area contributed by atoms with Gasteiger partial charge in [0.05, 0.1) is 11.8 Å². The molecule has 0 unspecified atom stereocenters. The Morgan fingerprint density at radius 1 is 0.943 bits per heavy atom. The van der Waals surface area contributed by atoms with Crippen LogP contribution in [0.4, 0.5) is 4.79 Å². The summed E-state index contributed by atoms with van der Waals surface area (Å²) in [5.41, 5.74) is 4.65. The molecule has 3 N–H and O–H groups in total. The van der Waals surface area contributed by atoms with Gasteiger partial charge >= 0.3 is 12.1 Å². The van der Waals surface area contributed by atoms with Gasteiger partial charge in [-0.2, -0.15) is 0 Å². The maximum absolute atomic E-state index is 12.9. The summed E-state index contributed by atoms with van der Waals surface area (Å²) in [7, 11) is 0. The minimum atomic E-state index is -0.843. The molecule has 1 saturated carbocycles. The van der Waals surface area contributed by atoms with Gasteiger partial charge in [0.15, 0.2) is 0 Å². The number of hydrogen-bond acceptors (Lipinski definition) is 4. The first-order valence-corrected chi connectivity index (χ1v) is 12.3. The number of fused-ring (bicyclic) bond motifs is 3. The second-order valence-corrected chi connectivity index (χ2v) is 9.66. The van der Waals surface area contributed by atoms with Gasteiger partial charge in [-0.1, -0.05) is 67.1 Å². The Labute approximate surface area is 204 Å². The molecule has 7 heteroatoms. The lowest BCUT2D eigenvalue weighted by molar-refractivity contribution is -0.142. The SMILES string of the molecule is O=C(N[C@@H]1CCC[C@@H]1C(=O)N[C@@H]1C=CC[C@@H](C(=O)O)C1)OCC1c2ccccc2-c2ccccc21. The third kappa shape index (κ3) is 4.81. The minimum Gasteiger partial charge on any atom is -0.481 e. The van der Waals surface area contributed by atoms with Gasteiger partial charge in [0.1, 0.15) is 6.61 Å². The van der Waals surface area contributed by atoms with Gasteiger partial charge in [-0.15, -0.1) is 0 Å². The highest BCUT2D eigenvalue weighted by atomic mass is 16.5. The van der Waals surface area contributed by atoms with Crippen LogP contribution in [0, 0.1) is 11.8 Å². The first-order valence-electron chi connectivity index (χ1n) is 12.3. The van der Waals surface area contributed by atoms with Gasteiger partial charge in [-0.25, -0.2) is 4.79 Å². The topological polar surface area (TPSA) is 105 Å². The summed E-state index contributed by atoms with van der Waals surface area (Å²) in [6.07, 6.45) is 6.25. The van der Waals surface area contributed by atoms with Crippen LogP contribution in [-0.4, -0.2) is 41.8 Å². The first-order chi connectivity index (χ1) is 17.0. The number of amides is 2. The van der Waals surface area contributed by atoms with Crippen molar-refractivity contribution in [1.29, 1.82) is 0 Å². The number of alkyl carbamates (subject to hydrolysis) is 1. The van der Waals surface area contributed by atoms with Crippen molar-refractivity contribution in [2.24, 2.45) is 11.8 Å². The van der Waals surface area contributed by atoms with E-state index in [0.29, 0.717) is 25.7 Å². The Balaban J connectivity index is 1.17. The Bertz CT molecular complexity index is 1110. The molecular weight excluding hydrogens is 444 g/mol. The molecule has 2 amide bonds. The van der Waals surface area contributed by atoms with E-state index in [9.17, 15) is 19.5 Å². The molecule has 3 aliphatic rings. The molecule has 0 radical (unpaired) electrons. The van der Waals surface area contributed by atoms with E-state index in [1.807, 2.05) is 36.4 Å². The van der Waals surface area contributed by atoms with E-state index in [1.54, 1.807) is 0 Å². The number of allylic oxidation sites excluding steroid dienone is 1. The largest absolute Gasteiger partial charge is 0.481 e. The van der Waals surface area contributed by atoms with Gasteiger partial charge in [0.25, 0.3) is 0 Å². The second-order valence-electron chi connectivity index (χ2n) is 9.66. The van der Waals surface area contributed by atoms with Crippen molar-refractivity contribution in [2.45, 2.75) is 50.1 Å². The molecule has 0 heterocycles. The molecule has 2 aromatic rings. The third-order valence-electron chi connectivity index (χ3n) is 7.50. The van der Waals surface area contributed by atoms with E-state index in [1.165, 1.54) is 11.1 Å². The zero-order chi connectivity index (χ0) is 24.4. The number of carboxylic acid groups (broad SMARTS) is 1. The zero-order valence-corrected chi connectivity index (χ0v) is 19.5. The highest BCUT2D eigenvalue weighted by Gasteiger charge is 2.36. The summed E-state index contributed by atoms with van der Waals surface area (Å²) in [4.78, 5) is 37.0. The lowest BCUT2D eigenvalue weighted by atomic mass is 9.90. The summed E-state index contributed by atoms with van der Waals surface area (Å²) >= 11 is 0. The quantitative estimate of drug-likeness (QED) is 0.544. The molecule has 0 spiro atoms. The Hall–Kier alpha value is -3.61. The Kier molecular flexibility index (Phi) is 6.57. The fourth-order valence-corrected chi connectivity index (χ4v) is 5.72. The number of carbonyl (C=O) groups excluding carboxylic acids is 2. The molecule has 2 aromatic carbocycles. The molecule has 1 fully saturated rings. The van der Waals surface area contributed by atoms with Crippen LogP contribution in [0.15, 0.2) is 60.7 Å². The fourth-order valence-electron chi connectivity index (χ4n) is 5.72. The van der Waals surface area contributed by atoms with Crippen LogP contribution in [0.2, 0.25) is 0 Å². The van der Waals surface area contributed by atoms with Gasteiger partial charge in [0.2, 0.25) is 5.91 Å². The second kappa shape index (κ2) is 9.94. The number of aliphatic carboxylic acids is 1. The first kappa shape index (κ1) is 23.1. The van der Waals surface area contributed by atoms with Crippen LogP contribution in [0.5, 0.6) is 0 Å². The van der Waals surface area contributed by atoms with Gasteiger partial charge in [-0.05, 0) is 47.9 Å². The van der Waals surface area contributed by atoms with Crippen molar-refractivity contribution >= 4 is 18.0 Å². The summed E-state index contributed by atoms with van der Waals surface area (Å²) in [6, 6.07) is 15.8. The summed E-state index contributed by atoms with van der Waals surface area (Å²) in [5, 5.41) is 15.2. The molecule has 182 valence electrons. The molecule has 5 rings (SSSR count). The number of carbonyl (C=O) groups is 3. The number of carboxylic acids is 1. The van der Waals surface area contributed by atoms with E-state index < -0.39 is 18.0 Å². The molecule has 0 aliphatic heterocycles. The third-order valence-corrected chi connectivity index (χ3v) is 7.50. The van der Waals surface area contributed by atoms with Crippen molar-refractivity contribution in [3.05, 3.63) is 71.8 Å². The molecule has 0 bridgehead atoms. The predicted octanol–water partition coefficient (Wildman–Crippen LogP) is 4.23. The van der Waals surface area contributed by atoms with E-state index >= 15 is 0 Å². The van der Waals surface area contributed by atoms with Crippen molar-refractivity contribution in [1.82, 2.24) is 10.6 Å². The van der Waals surface area contributed by atoms with Crippen molar-refractivity contribution in [3.63, 3.8) is 0 Å². The summed E-state index contributed by atoms with van der Waals surface area (Å²) in [6.45, 7) is 0.229. The molecule has 4 atom stereocenters. The van der Waals surface area contributed by atoms with Crippen molar-refractivity contribution in [2.75, 3.05) is 6.61 Å². The van der Waals surface area contributed by atoms with Crippen LogP contribution in [0.1, 0.15) is 49.1 Å². The minimum absolute atomic E-state index is 0.0175. The van der Waals surface area contributed by atoms with Crippen molar-refractivity contribution in [3.8, 4) is 11.1 Å². The summed E-state index contributed by atoms with van der Waals surface area (Å²) < 4.78 is 5.66. The number of rotatable bonds is 6. The Morgan fingerprint density at radius 2 is 1.63 bits per heavy atom. The van der Waals surface area contributed by atoms with E-state index in [0.717, 1.165) is 17.5 Å². The lowest BCUT2D eigenvalue weighted by Crippen LogP contribution is -2.47. The summed E-state index contributed by atoms with van der Waals surface area (Å²) in [5.74, 6) is -1.84. The molecule has 35 heavy (non-hydrogen) atoms. The number of nitrogens with one attached hydrogen (secondary N) is 2. The normalized spacial score (nSPS) is 24.9. The average Bonchev–Trinajstić information content (AvgIpc) is 3.45. The van der Waals surface area contributed by atoms with Crippen LogP contribution < -0.4 is 10.6 Å². The molecule has 3 aliphatic carbocycles. The van der Waals surface area contributed by atoms with Gasteiger partial charge < -0.3 is 20.5 Å². The van der Waals surface area contributed by atoms with Crippen molar-refractivity contribution < 1.29 is 24.2 Å². The molecular formula is C28H30N2O5. The maximum atomic E-state index is 12.9. The van der Waals surface area contributed by atoms with E-state index in [-0.39, 0.29) is 36.4 Å². The average molecular weight is 475 g/mol. The zero-order valence-electron chi connectivity index (χ0n) is 19.5. The maximum Gasteiger partial charge on any atom is 0.407 e.